The molecule has 2 nitrogen and oxygen atoms in total. The monoisotopic (exact) mass is 464 g/mol. The molecule has 0 spiro atoms. The van der Waals surface area contributed by atoms with E-state index in [0.29, 0.717) is 5.78 Å². The molecule has 2 saturated heterocycles. The van der Waals surface area contributed by atoms with Gasteiger partial charge in [-0.15, -0.1) is 11.3 Å². The van der Waals surface area contributed by atoms with E-state index in [4.69, 9.17) is 0 Å². The molecule has 2 aliphatic heterocycles. The van der Waals surface area contributed by atoms with E-state index in [1.165, 1.54) is 6.42 Å². The smallest absolute Gasteiger partial charge is 0.384 e. The summed E-state index contributed by atoms with van der Waals surface area (Å²) >= 11 is 7.20. The molecule has 0 aromatic carbocycles. The number of hydrogen-bond acceptors (Lipinski definition) is 6. The average molecular weight is 465 g/mol. The molecule has 2 aromatic heterocycles. The number of thioether (sulfide) groups is 2. The van der Waals surface area contributed by atoms with Gasteiger partial charge in [0, 0.05) is 29.2 Å². The first kappa shape index (κ1) is 29.3. The van der Waals surface area contributed by atoms with Crippen LogP contribution in [-0.4, -0.2) is 33.9 Å². The topological polar surface area (TPSA) is 37.3 Å². The molecule has 2 aliphatic rings. The van der Waals surface area contributed by atoms with Crippen molar-refractivity contribution in [2.45, 2.75) is 51.0 Å². The van der Waals surface area contributed by atoms with Gasteiger partial charge in [0.1, 0.15) is 11.4 Å². The molecule has 0 aliphatic carbocycles. The summed E-state index contributed by atoms with van der Waals surface area (Å²) in [6, 6.07) is 8.09. The Labute approximate surface area is 205 Å². The second-order valence-electron chi connectivity index (χ2n) is 6.42. The first-order valence-corrected chi connectivity index (χ1v) is 14.0. The van der Waals surface area contributed by atoms with Gasteiger partial charge in [0.15, 0.2) is 0 Å². The first-order chi connectivity index (χ1) is 13.6. The second kappa shape index (κ2) is 19.0. The van der Waals surface area contributed by atoms with Gasteiger partial charge in [0.25, 0.3) is 0 Å². The summed E-state index contributed by atoms with van der Waals surface area (Å²) in [5.41, 5.74) is -0.501. The number of unbranched alkanes of at least 4 members (excludes halogenated alkanes) is 1. The van der Waals surface area contributed by atoms with Crippen LogP contribution in [0.25, 0.3) is 0 Å². The third-order valence-electron chi connectivity index (χ3n) is 4.13. The van der Waals surface area contributed by atoms with Crippen LogP contribution in [0.3, 0.4) is 0 Å². The van der Waals surface area contributed by atoms with Gasteiger partial charge in [-0.05, 0) is 46.6 Å². The zero-order valence-electron chi connectivity index (χ0n) is 17.8. The van der Waals surface area contributed by atoms with Crippen molar-refractivity contribution in [3.8, 4) is 0 Å². The Morgan fingerprint density at radius 3 is 1.90 bits per heavy atom. The zero-order chi connectivity index (χ0) is 20.5. The minimum atomic E-state index is -0.501. The Balaban J connectivity index is 0.000000395. The number of Topliss-reactive ketones (excluding diaryl/α,β-unsaturated/α-hetero) is 1. The predicted octanol–water partition coefficient (Wildman–Crippen LogP) is 3.92. The molecule has 0 saturated carbocycles. The van der Waals surface area contributed by atoms with Crippen molar-refractivity contribution in [1.82, 2.24) is 0 Å². The van der Waals surface area contributed by atoms with Gasteiger partial charge in [-0.2, -0.15) is 41.3 Å². The van der Waals surface area contributed by atoms with Gasteiger partial charge < -0.3 is 12.0 Å². The van der Waals surface area contributed by atoms with Gasteiger partial charge in [-0.25, -0.2) is 0 Å². The van der Waals surface area contributed by atoms with Gasteiger partial charge in [0.05, 0.1) is 0 Å². The van der Waals surface area contributed by atoms with Crippen molar-refractivity contribution in [3.63, 3.8) is 0 Å². The molecule has 0 radical (unpaired) electrons. The number of aliphatic hydroxyl groups is 1. The van der Waals surface area contributed by atoms with Crippen molar-refractivity contribution >= 4 is 52.0 Å². The van der Waals surface area contributed by atoms with Gasteiger partial charge >= 0.3 is 18.9 Å². The van der Waals surface area contributed by atoms with E-state index in [0.717, 1.165) is 60.0 Å². The molecular formula is C22H33LiO2S4. The summed E-state index contributed by atoms with van der Waals surface area (Å²) in [4.78, 5) is 11.6. The molecule has 0 unspecified atom stereocenters. The number of carbonyl (C=O) groups excluding carboxylic acids is 1. The fourth-order valence-electron chi connectivity index (χ4n) is 2.32. The molecule has 0 bridgehead atoms. The number of hydrogen-bond donors (Lipinski definition) is 1. The fourth-order valence-corrected chi connectivity index (χ4v) is 5.78. The molecule has 29 heavy (non-hydrogen) atoms. The molecule has 4 heterocycles. The van der Waals surface area contributed by atoms with Crippen molar-refractivity contribution in [2.24, 2.45) is 0 Å². The fraction of sp³-hybridized carbons (Fsp3) is 0.545. The van der Waals surface area contributed by atoms with Crippen molar-refractivity contribution in [2.75, 3.05) is 23.0 Å². The maximum Gasteiger partial charge on any atom is 1.00 e. The van der Waals surface area contributed by atoms with Gasteiger partial charge in [-0.1, -0.05) is 31.5 Å². The largest absolute Gasteiger partial charge is 1.00 e. The summed E-state index contributed by atoms with van der Waals surface area (Å²) in [5.74, 6) is 4.74. The number of carbonyl (C=O) groups is 1. The van der Waals surface area contributed by atoms with E-state index < -0.39 is 5.60 Å². The predicted molar refractivity (Wildman–Crippen MR) is 131 cm³/mol. The van der Waals surface area contributed by atoms with E-state index in [2.05, 4.69) is 13.8 Å². The molecule has 7 heteroatoms. The van der Waals surface area contributed by atoms with E-state index in [1.54, 1.807) is 22.7 Å². The van der Waals surface area contributed by atoms with Crippen LogP contribution < -0.4 is 18.9 Å². The summed E-state index contributed by atoms with van der Waals surface area (Å²) in [7, 11) is 0. The molecule has 0 amide bonds. The molecule has 158 valence electrons. The van der Waals surface area contributed by atoms with Crippen molar-refractivity contribution in [1.29, 1.82) is 0 Å². The van der Waals surface area contributed by atoms with E-state index in [-0.39, 0.29) is 18.9 Å². The Kier molecular flexibility index (Phi) is 19.3. The van der Waals surface area contributed by atoms with Crippen LogP contribution in [0.1, 0.15) is 50.3 Å². The number of ketones is 1. The van der Waals surface area contributed by atoms with Crippen LogP contribution in [0.2, 0.25) is 0 Å². The van der Waals surface area contributed by atoms with Crippen LogP contribution in [0.5, 0.6) is 0 Å². The molecule has 4 rings (SSSR count). The minimum Gasteiger partial charge on any atom is -0.384 e. The summed E-state index contributed by atoms with van der Waals surface area (Å²) in [5, 5.41) is 16.3. The van der Waals surface area contributed by atoms with Gasteiger partial charge in [-0.3, -0.25) is 4.79 Å². The first-order valence-electron chi connectivity index (χ1n) is 9.82. The minimum absolute atomic E-state index is 0. The number of thiophene rings is 2. The van der Waals surface area contributed by atoms with E-state index >= 15 is 0 Å². The number of rotatable bonds is 2. The maximum absolute atomic E-state index is 10.4. The van der Waals surface area contributed by atoms with Crippen LogP contribution in [0, 0.1) is 6.92 Å². The summed E-state index contributed by atoms with van der Waals surface area (Å²) < 4.78 is 0. The molecule has 1 N–H and O–H groups in total. The SMILES string of the molecule is O=C1CCSCC1.OC1(c2cccs2)CCSCC1.[CH2-]CCC.[Li+].c1ccsc1. The Morgan fingerprint density at radius 1 is 1.00 bits per heavy atom. The average Bonchev–Trinajstić information content (AvgIpc) is 3.46. The summed E-state index contributed by atoms with van der Waals surface area (Å²) in [6.07, 6.45) is 5.73. The Bertz CT molecular complexity index is 555. The molecular weight excluding hydrogens is 431 g/mol. The quantitative estimate of drug-likeness (QED) is 0.540. The van der Waals surface area contributed by atoms with Crippen molar-refractivity contribution < 1.29 is 28.8 Å². The maximum atomic E-state index is 10.4. The van der Waals surface area contributed by atoms with Crippen LogP contribution >= 0.6 is 46.2 Å². The van der Waals surface area contributed by atoms with Crippen LogP contribution in [0.4, 0.5) is 0 Å². The third-order valence-corrected chi connectivity index (χ3v) is 7.79. The van der Waals surface area contributed by atoms with E-state index in [1.807, 2.05) is 63.9 Å². The van der Waals surface area contributed by atoms with Crippen LogP contribution in [0.15, 0.2) is 40.4 Å². The van der Waals surface area contributed by atoms with Crippen molar-refractivity contribution in [3.05, 3.63) is 52.2 Å². The Morgan fingerprint density at radius 2 is 1.55 bits per heavy atom. The summed E-state index contributed by atoms with van der Waals surface area (Å²) in [6.45, 7) is 5.72. The van der Waals surface area contributed by atoms with Crippen LogP contribution in [-0.2, 0) is 10.4 Å². The standard InChI is InChI=1S/C9H12OS2.C5H8OS.C4H4S.C4H9.Li/c10-9(3-6-11-7-4-9)8-2-1-5-12-8;6-5-1-3-7-4-2-5;1-2-4-5-3-1;1-3-4-2;/h1-2,5,10H,3-4,6-7H2;1-4H2;1-4H;1,3-4H2,2H3;/q;;;-1;+1. The second-order valence-corrected chi connectivity index (χ2v) is 10.6. The normalized spacial score (nSPS) is 17.1. The van der Waals surface area contributed by atoms with E-state index in [9.17, 15) is 9.90 Å². The molecule has 2 aromatic rings. The Hall–Kier alpha value is 0.327. The van der Waals surface area contributed by atoms with Gasteiger partial charge in [0.2, 0.25) is 0 Å². The third kappa shape index (κ3) is 14.1. The zero-order valence-corrected chi connectivity index (χ0v) is 21.1. The molecule has 2 fully saturated rings. The molecule has 0 atom stereocenters.